The average molecular weight is 405 g/mol. The van der Waals surface area contributed by atoms with Gasteiger partial charge in [-0.3, -0.25) is 0 Å². The minimum Gasteiger partial charge on any atom is -0.309 e. The highest BCUT2D eigenvalue weighted by Gasteiger charge is 2.31. The zero-order valence-corrected chi connectivity index (χ0v) is 13.8. The van der Waals surface area contributed by atoms with Crippen molar-refractivity contribution in [3.05, 3.63) is 68.3 Å². The number of benzene rings is 2. The molecule has 1 unspecified atom stereocenters. The maximum Gasteiger partial charge on any atom is 0.416 e. The lowest BCUT2D eigenvalue weighted by Gasteiger charge is -2.20. The van der Waals surface area contributed by atoms with Gasteiger partial charge in [-0.2, -0.15) is 13.2 Å². The van der Waals surface area contributed by atoms with Crippen LogP contribution in [-0.4, -0.2) is 7.05 Å². The van der Waals surface area contributed by atoms with E-state index in [4.69, 9.17) is 0 Å². The second-order valence-corrected chi connectivity index (χ2v) is 6.09. The van der Waals surface area contributed by atoms with Gasteiger partial charge in [0.05, 0.1) is 11.6 Å². The molecule has 0 aromatic heterocycles. The normalized spacial score (nSPS) is 13.2. The first-order chi connectivity index (χ1) is 9.82. The molecular formula is C16H15F3IN. The Hall–Kier alpha value is -1.08. The highest BCUT2D eigenvalue weighted by atomic mass is 127. The second-order valence-electron chi connectivity index (χ2n) is 4.84. The van der Waals surface area contributed by atoms with Crippen molar-refractivity contribution in [1.82, 2.24) is 5.32 Å². The van der Waals surface area contributed by atoms with E-state index < -0.39 is 11.7 Å². The molecule has 2 rings (SSSR count). The standard InChI is InChI=1S/C16H15F3IN/c1-10-9-12(16(17,18)19)5-8-14(10)15(21-2)11-3-6-13(20)7-4-11/h3-9,15,21H,1-2H3. The predicted molar refractivity (Wildman–Crippen MR) is 86.2 cm³/mol. The Morgan fingerprint density at radius 3 is 2.14 bits per heavy atom. The van der Waals surface area contributed by atoms with Crippen molar-refractivity contribution in [3.8, 4) is 0 Å². The molecule has 0 spiro atoms. The van der Waals surface area contributed by atoms with E-state index in [1.807, 2.05) is 24.3 Å². The molecule has 0 aliphatic carbocycles. The van der Waals surface area contributed by atoms with Crippen LogP contribution in [0.1, 0.15) is 28.3 Å². The zero-order chi connectivity index (χ0) is 15.6. The summed E-state index contributed by atoms with van der Waals surface area (Å²) < 4.78 is 39.3. The van der Waals surface area contributed by atoms with Crippen LogP contribution in [0.4, 0.5) is 13.2 Å². The van der Waals surface area contributed by atoms with Crippen LogP contribution in [0, 0.1) is 10.5 Å². The number of hydrogen-bond acceptors (Lipinski definition) is 1. The summed E-state index contributed by atoms with van der Waals surface area (Å²) in [6, 6.07) is 11.7. The first-order valence-corrected chi connectivity index (χ1v) is 7.51. The maximum atomic E-state index is 12.7. The van der Waals surface area contributed by atoms with Gasteiger partial charge in [0.15, 0.2) is 0 Å². The van der Waals surface area contributed by atoms with Crippen LogP contribution in [0.25, 0.3) is 0 Å². The molecular weight excluding hydrogens is 390 g/mol. The molecule has 0 saturated carbocycles. The smallest absolute Gasteiger partial charge is 0.309 e. The Labute approximate surface area is 135 Å². The molecule has 0 aliphatic rings. The molecule has 0 radical (unpaired) electrons. The van der Waals surface area contributed by atoms with E-state index in [9.17, 15) is 13.2 Å². The van der Waals surface area contributed by atoms with Crippen LogP contribution >= 0.6 is 22.6 Å². The van der Waals surface area contributed by atoms with Crippen molar-refractivity contribution < 1.29 is 13.2 Å². The lowest BCUT2D eigenvalue weighted by atomic mass is 9.94. The molecule has 1 N–H and O–H groups in total. The molecule has 0 aliphatic heterocycles. The van der Waals surface area contributed by atoms with E-state index in [1.54, 1.807) is 20.0 Å². The molecule has 112 valence electrons. The SMILES string of the molecule is CNC(c1ccc(I)cc1)c1ccc(C(F)(F)F)cc1C. The molecule has 0 bridgehead atoms. The summed E-state index contributed by atoms with van der Waals surface area (Å²) >= 11 is 2.22. The lowest BCUT2D eigenvalue weighted by Crippen LogP contribution is -2.19. The number of nitrogens with one attached hydrogen (secondary N) is 1. The Balaban J connectivity index is 2.41. The van der Waals surface area contributed by atoms with Gasteiger partial charge in [0, 0.05) is 3.57 Å². The van der Waals surface area contributed by atoms with Crippen LogP contribution in [0.2, 0.25) is 0 Å². The Bertz CT molecular complexity index is 620. The molecule has 2 aromatic rings. The molecule has 5 heteroatoms. The Morgan fingerprint density at radius 1 is 1.05 bits per heavy atom. The maximum absolute atomic E-state index is 12.7. The molecule has 0 saturated heterocycles. The van der Waals surface area contributed by atoms with E-state index in [-0.39, 0.29) is 6.04 Å². The van der Waals surface area contributed by atoms with Crippen molar-refractivity contribution in [3.63, 3.8) is 0 Å². The van der Waals surface area contributed by atoms with Gasteiger partial charge in [-0.05, 0) is 77.5 Å². The number of halogens is 4. The molecule has 1 atom stereocenters. The molecule has 0 heterocycles. The van der Waals surface area contributed by atoms with Crippen LogP contribution in [0.5, 0.6) is 0 Å². The van der Waals surface area contributed by atoms with Crippen LogP contribution in [0.15, 0.2) is 42.5 Å². The van der Waals surface area contributed by atoms with Gasteiger partial charge in [0.2, 0.25) is 0 Å². The number of rotatable bonds is 3. The quantitative estimate of drug-likeness (QED) is 0.715. The summed E-state index contributed by atoms with van der Waals surface area (Å²) in [6.07, 6.45) is -4.30. The van der Waals surface area contributed by atoms with Crippen LogP contribution in [-0.2, 0) is 6.18 Å². The highest BCUT2D eigenvalue weighted by Crippen LogP contribution is 2.33. The third-order valence-corrected chi connectivity index (χ3v) is 4.12. The lowest BCUT2D eigenvalue weighted by molar-refractivity contribution is -0.137. The van der Waals surface area contributed by atoms with Crippen molar-refractivity contribution in [2.24, 2.45) is 0 Å². The Kier molecular flexibility index (Phi) is 4.93. The Morgan fingerprint density at radius 2 is 1.67 bits per heavy atom. The summed E-state index contributed by atoms with van der Waals surface area (Å²) in [5.41, 5.74) is 1.90. The van der Waals surface area contributed by atoms with Gasteiger partial charge in [-0.15, -0.1) is 0 Å². The first-order valence-electron chi connectivity index (χ1n) is 6.43. The van der Waals surface area contributed by atoms with Gasteiger partial charge in [-0.1, -0.05) is 18.2 Å². The zero-order valence-electron chi connectivity index (χ0n) is 11.6. The van der Waals surface area contributed by atoms with E-state index >= 15 is 0 Å². The van der Waals surface area contributed by atoms with E-state index in [0.29, 0.717) is 5.56 Å². The third kappa shape index (κ3) is 3.77. The van der Waals surface area contributed by atoms with Crippen LogP contribution < -0.4 is 5.32 Å². The fourth-order valence-corrected chi connectivity index (χ4v) is 2.69. The number of aryl methyl sites for hydroxylation is 1. The molecule has 1 nitrogen and oxygen atoms in total. The third-order valence-electron chi connectivity index (χ3n) is 3.40. The van der Waals surface area contributed by atoms with Crippen molar-refractivity contribution in [2.75, 3.05) is 7.05 Å². The summed E-state index contributed by atoms with van der Waals surface area (Å²) in [4.78, 5) is 0. The monoisotopic (exact) mass is 405 g/mol. The molecule has 2 aromatic carbocycles. The predicted octanol–water partition coefficient (Wildman–Crippen LogP) is 4.93. The molecule has 0 fully saturated rings. The topological polar surface area (TPSA) is 12.0 Å². The summed E-state index contributed by atoms with van der Waals surface area (Å²) in [6.45, 7) is 1.71. The van der Waals surface area contributed by atoms with Crippen LogP contribution in [0.3, 0.4) is 0 Å². The number of hydrogen-bond donors (Lipinski definition) is 1. The summed E-state index contributed by atoms with van der Waals surface area (Å²) in [5.74, 6) is 0. The highest BCUT2D eigenvalue weighted by molar-refractivity contribution is 14.1. The van der Waals surface area contributed by atoms with Gasteiger partial charge in [0.1, 0.15) is 0 Å². The molecule has 0 amide bonds. The van der Waals surface area contributed by atoms with Crippen molar-refractivity contribution >= 4 is 22.6 Å². The average Bonchev–Trinajstić information content (AvgIpc) is 2.42. The van der Waals surface area contributed by atoms with Gasteiger partial charge in [-0.25, -0.2) is 0 Å². The van der Waals surface area contributed by atoms with Crippen molar-refractivity contribution in [1.29, 1.82) is 0 Å². The minimum absolute atomic E-state index is 0.121. The van der Waals surface area contributed by atoms with E-state index in [1.165, 1.54) is 6.07 Å². The molecule has 21 heavy (non-hydrogen) atoms. The summed E-state index contributed by atoms with van der Waals surface area (Å²) in [7, 11) is 1.81. The first kappa shape index (κ1) is 16.3. The second kappa shape index (κ2) is 6.36. The fraction of sp³-hybridized carbons (Fsp3) is 0.250. The van der Waals surface area contributed by atoms with E-state index in [0.717, 1.165) is 20.8 Å². The summed E-state index contributed by atoms with van der Waals surface area (Å²) in [5, 5.41) is 3.17. The fourth-order valence-electron chi connectivity index (χ4n) is 2.33. The van der Waals surface area contributed by atoms with Gasteiger partial charge >= 0.3 is 6.18 Å². The van der Waals surface area contributed by atoms with E-state index in [2.05, 4.69) is 27.9 Å². The number of alkyl halides is 3. The largest absolute Gasteiger partial charge is 0.416 e. The van der Waals surface area contributed by atoms with Gasteiger partial charge < -0.3 is 5.32 Å². The minimum atomic E-state index is -4.30. The van der Waals surface area contributed by atoms with Gasteiger partial charge in [0.25, 0.3) is 0 Å². The van der Waals surface area contributed by atoms with Crippen molar-refractivity contribution in [2.45, 2.75) is 19.1 Å².